The van der Waals surface area contributed by atoms with Crippen LogP contribution in [0.4, 0.5) is 17.1 Å². The lowest BCUT2D eigenvalue weighted by Gasteiger charge is -2.35. The number of benzene rings is 11. The van der Waals surface area contributed by atoms with Crippen LogP contribution in [0, 0.1) is 0 Å². The van der Waals surface area contributed by atoms with E-state index in [1.54, 1.807) is 0 Å². The normalized spacial score (nSPS) is 13.6. The molecule has 0 heterocycles. The Labute approximate surface area is 405 Å². The molecule has 1 heteroatoms. The van der Waals surface area contributed by atoms with Gasteiger partial charge in [0.1, 0.15) is 0 Å². The molecule has 0 spiro atoms. The highest BCUT2D eigenvalue weighted by Gasteiger charge is 2.47. The molecule has 0 saturated carbocycles. The second kappa shape index (κ2) is 16.1. The van der Waals surface area contributed by atoms with Gasteiger partial charge in [-0.05, 0) is 136 Å². The van der Waals surface area contributed by atoms with Gasteiger partial charge in [0, 0.05) is 22.5 Å². The maximum atomic E-state index is 2.50. The lowest BCUT2D eigenvalue weighted by molar-refractivity contribution is 0.660. The minimum absolute atomic E-state index is 0.149. The standard InChI is InChI=1S/C68H49N/c1-67(2)62-30-15-14-27-59(62)60-42-40-54(44-64(60)67)69(53-38-36-47(37-39-53)46-18-6-3-7-19-46)55-41-43-61-65(45-55)68(51-22-8-4-9-23-51,52-24-10-5-11-25-52)63-31-17-29-58(66(61)63)50-34-32-49(33-35-50)57-28-16-21-48-20-12-13-26-56(48)57/h3-45H,1-2H3. The Balaban J connectivity index is 1.03. The van der Waals surface area contributed by atoms with Crippen LogP contribution in [-0.4, -0.2) is 0 Å². The Kier molecular flexibility index (Phi) is 9.49. The van der Waals surface area contributed by atoms with Crippen molar-refractivity contribution in [3.63, 3.8) is 0 Å². The van der Waals surface area contributed by atoms with Gasteiger partial charge in [-0.3, -0.25) is 0 Å². The summed E-state index contributed by atoms with van der Waals surface area (Å²) in [6.07, 6.45) is 0. The van der Waals surface area contributed by atoms with Gasteiger partial charge in [-0.25, -0.2) is 0 Å². The molecular weight excluding hydrogens is 831 g/mol. The van der Waals surface area contributed by atoms with E-state index in [1.165, 1.54) is 99.8 Å². The summed E-state index contributed by atoms with van der Waals surface area (Å²) in [6.45, 7) is 4.74. The van der Waals surface area contributed by atoms with Crippen LogP contribution in [0.25, 0.3) is 66.4 Å². The SMILES string of the molecule is CC1(C)c2ccccc2-c2ccc(N(c3ccc(-c4ccccc4)cc3)c3ccc4c(c3)C(c3ccccc3)(c3ccccc3)c3cccc(-c5ccc(-c6cccc7ccccc67)cc5)c3-4)cc21. The lowest BCUT2D eigenvalue weighted by Crippen LogP contribution is -2.28. The molecule has 0 radical (unpaired) electrons. The summed E-state index contributed by atoms with van der Waals surface area (Å²) >= 11 is 0. The first-order chi connectivity index (χ1) is 34.0. The first-order valence-corrected chi connectivity index (χ1v) is 24.2. The molecule has 0 atom stereocenters. The molecule has 2 aliphatic rings. The third-order valence-electron chi connectivity index (χ3n) is 15.2. The van der Waals surface area contributed by atoms with E-state index in [0.29, 0.717) is 0 Å². The number of hydrogen-bond acceptors (Lipinski definition) is 1. The van der Waals surface area contributed by atoms with E-state index in [0.717, 1.165) is 17.1 Å². The van der Waals surface area contributed by atoms with Crippen molar-refractivity contribution < 1.29 is 0 Å². The van der Waals surface area contributed by atoms with Crippen molar-refractivity contribution in [3.8, 4) is 55.6 Å². The fourth-order valence-corrected chi connectivity index (χ4v) is 11.9. The van der Waals surface area contributed by atoms with Crippen LogP contribution in [0.15, 0.2) is 261 Å². The summed E-state index contributed by atoms with van der Waals surface area (Å²) in [5.74, 6) is 0. The maximum Gasteiger partial charge on any atom is 0.0714 e. The van der Waals surface area contributed by atoms with Gasteiger partial charge in [-0.2, -0.15) is 0 Å². The van der Waals surface area contributed by atoms with Gasteiger partial charge in [-0.15, -0.1) is 0 Å². The van der Waals surface area contributed by atoms with Crippen LogP contribution in [-0.2, 0) is 10.8 Å². The first-order valence-electron chi connectivity index (χ1n) is 24.2. The lowest BCUT2D eigenvalue weighted by atomic mass is 9.67. The quantitative estimate of drug-likeness (QED) is 0.147. The highest BCUT2D eigenvalue weighted by Crippen LogP contribution is 2.60. The molecule has 0 N–H and O–H groups in total. The summed E-state index contributed by atoms with van der Waals surface area (Å²) in [7, 11) is 0. The minimum Gasteiger partial charge on any atom is -0.310 e. The van der Waals surface area contributed by atoms with Gasteiger partial charge in [0.25, 0.3) is 0 Å². The van der Waals surface area contributed by atoms with Gasteiger partial charge >= 0.3 is 0 Å². The number of anilines is 3. The molecule has 1 nitrogen and oxygen atoms in total. The molecule has 0 amide bonds. The maximum absolute atomic E-state index is 2.50. The van der Waals surface area contributed by atoms with Crippen LogP contribution in [0.5, 0.6) is 0 Å². The molecular formula is C68H49N. The molecule has 0 bridgehead atoms. The van der Waals surface area contributed by atoms with Crippen molar-refractivity contribution in [3.05, 3.63) is 294 Å². The highest BCUT2D eigenvalue weighted by atomic mass is 15.1. The molecule has 11 aromatic rings. The zero-order valence-corrected chi connectivity index (χ0v) is 38.8. The van der Waals surface area contributed by atoms with E-state index in [2.05, 4.69) is 280 Å². The third-order valence-corrected chi connectivity index (χ3v) is 15.2. The van der Waals surface area contributed by atoms with Gasteiger partial charge < -0.3 is 4.90 Å². The smallest absolute Gasteiger partial charge is 0.0714 e. The topological polar surface area (TPSA) is 3.24 Å². The number of nitrogens with zero attached hydrogens (tertiary/aromatic N) is 1. The average molecular weight is 880 g/mol. The van der Waals surface area contributed by atoms with E-state index in [-0.39, 0.29) is 5.41 Å². The zero-order chi connectivity index (χ0) is 46.1. The third kappa shape index (κ3) is 6.38. The van der Waals surface area contributed by atoms with E-state index in [4.69, 9.17) is 0 Å². The Morgan fingerprint density at radius 3 is 1.46 bits per heavy atom. The van der Waals surface area contributed by atoms with Crippen LogP contribution >= 0.6 is 0 Å². The predicted molar refractivity (Wildman–Crippen MR) is 290 cm³/mol. The Bertz CT molecular complexity index is 3670. The van der Waals surface area contributed by atoms with Gasteiger partial charge in [0.15, 0.2) is 0 Å². The zero-order valence-electron chi connectivity index (χ0n) is 38.8. The Morgan fingerprint density at radius 1 is 0.290 bits per heavy atom. The van der Waals surface area contributed by atoms with Crippen molar-refractivity contribution in [1.29, 1.82) is 0 Å². The van der Waals surface area contributed by atoms with Crippen molar-refractivity contribution in [2.45, 2.75) is 24.7 Å². The van der Waals surface area contributed by atoms with E-state index in [9.17, 15) is 0 Å². The molecule has 69 heavy (non-hydrogen) atoms. The second-order valence-corrected chi connectivity index (χ2v) is 19.2. The molecule has 0 unspecified atom stereocenters. The largest absolute Gasteiger partial charge is 0.310 e. The van der Waals surface area contributed by atoms with Crippen LogP contribution in [0.3, 0.4) is 0 Å². The fraction of sp³-hybridized carbons (Fsp3) is 0.0588. The van der Waals surface area contributed by atoms with Crippen LogP contribution in [0.1, 0.15) is 47.2 Å². The molecule has 326 valence electrons. The number of hydrogen-bond donors (Lipinski definition) is 0. The van der Waals surface area contributed by atoms with E-state index < -0.39 is 5.41 Å². The molecule has 0 fully saturated rings. The molecule has 11 aromatic carbocycles. The minimum atomic E-state index is -0.605. The second-order valence-electron chi connectivity index (χ2n) is 19.2. The Morgan fingerprint density at radius 2 is 0.754 bits per heavy atom. The van der Waals surface area contributed by atoms with Crippen LogP contribution in [0.2, 0.25) is 0 Å². The van der Waals surface area contributed by atoms with Crippen molar-refractivity contribution in [2.24, 2.45) is 0 Å². The van der Waals surface area contributed by atoms with Crippen molar-refractivity contribution in [2.75, 3.05) is 4.90 Å². The first kappa shape index (κ1) is 40.7. The van der Waals surface area contributed by atoms with Crippen molar-refractivity contribution >= 4 is 27.8 Å². The van der Waals surface area contributed by atoms with Gasteiger partial charge in [0.2, 0.25) is 0 Å². The summed E-state index contributed by atoms with van der Waals surface area (Å²) in [4.78, 5) is 2.48. The number of rotatable bonds is 8. The van der Waals surface area contributed by atoms with E-state index >= 15 is 0 Å². The van der Waals surface area contributed by atoms with E-state index in [1.807, 2.05) is 0 Å². The summed E-state index contributed by atoms with van der Waals surface area (Å²) in [5.41, 5.74) is 22.8. The summed E-state index contributed by atoms with van der Waals surface area (Å²) in [5, 5.41) is 2.52. The average Bonchev–Trinajstić information content (AvgIpc) is 3.84. The number of fused-ring (bicyclic) bond motifs is 7. The van der Waals surface area contributed by atoms with Gasteiger partial charge in [0.05, 0.1) is 5.41 Å². The van der Waals surface area contributed by atoms with Crippen LogP contribution < -0.4 is 4.90 Å². The molecule has 13 rings (SSSR count). The molecule has 0 aliphatic heterocycles. The predicted octanol–water partition coefficient (Wildman–Crippen LogP) is 18.0. The monoisotopic (exact) mass is 879 g/mol. The summed E-state index contributed by atoms with van der Waals surface area (Å²) in [6, 6.07) is 96.9. The van der Waals surface area contributed by atoms with Gasteiger partial charge in [-0.1, -0.05) is 238 Å². The fourth-order valence-electron chi connectivity index (χ4n) is 11.9. The molecule has 0 saturated heterocycles. The molecule has 2 aliphatic carbocycles. The highest BCUT2D eigenvalue weighted by molar-refractivity contribution is 5.99. The molecule has 0 aromatic heterocycles. The summed E-state index contributed by atoms with van der Waals surface area (Å²) < 4.78 is 0. The van der Waals surface area contributed by atoms with Crippen molar-refractivity contribution in [1.82, 2.24) is 0 Å². The Hall–Kier alpha value is -8.52.